The van der Waals surface area contributed by atoms with Gasteiger partial charge in [0.2, 0.25) is 21.8 Å². The van der Waals surface area contributed by atoms with Gasteiger partial charge >= 0.3 is 0 Å². The van der Waals surface area contributed by atoms with Crippen LogP contribution in [0.25, 0.3) is 11.4 Å². The molecule has 1 aromatic carbocycles. The quantitative estimate of drug-likeness (QED) is 0.689. The first-order valence-electron chi connectivity index (χ1n) is 9.79. The fourth-order valence-corrected chi connectivity index (χ4v) is 5.01. The number of ether oxygens (including phenoxy) is 1. The van der Waals surface area contributed by atoms with E-state index < -0.39 is 10.0 Å². The fourth-order valence-electron chi connectivity index (χ4n) is 3.50. The van der Waals surface area contributed by atoms with Crippen molar-refractivity contribution in [3.05, 3.63) is 24.3 Å². The van der Waals surface area contributed by atoms with Gasteiger partial charge in [-0.15, -0.1) is 10.2 Å². The summed E-state index contributed by atoms with van der Waals surface area (Å²) in [6.07, 6.45) is 3.84. The van der Waals surface area contributed by atoms with E-state index in [-0.39, 0.29) is 23.5 Å². The average Bonchev–Trinajstić information content (AvgIpc) is 3.49. The van der Waals surface area contributed by atoms with Gasteiger partial charge in [-0.1, -0.05) is 0 Å². The Balaban J connectivity index is 1.37. The van der Waals surface area contributed by atoms with E-state index in [1.807, 2.05) is 0 Å². The Labute approximate surface area is 169 Å². The molecule has 1 amide bonds. The number of aromatic nitrogens is 4. The van der Waals surface area contributed by atoms with Crippen molar-refractivity contribution in [2.24, 2.45) is 0 Å². The smallest absolute Gasteiger partial charge is 0.243 e. The Hall–Kier alpha value is -2.37. The number of tetrazole rings is 1. The largest absolute Gasteiger partial charge is 0.376 e. The number of amides is 1. The van der Waals surface area contributed by atoms with Crippen molar-refractivity contribution in [2.75, 3.05) is 26.2 Å². The summed E-state index contributed by atoms with van der Waals surface area (Å²) < 4.78 is 32.2. The number of carbonyl (C=O) groups is 1. The highest BCUT2D eigenvalue weighted by Gasteiger charge is 2.27. The number of carbonyl (C=O) groups excluding carboxylic acids is 1. The summed E-state index contributed by atoms with van der Waals surface area (Å²) in [6.45, 7) is 2.31. The molecule has 29 heavy (non-hydrogen) atoms. The molecule has 0 spiro atoms. The van der Waals surface area contributed by atoms with Crippen LogP contribution in [-0.2, 0) is 26.1 Å². The Bertz CT molecular complexity index is 947. The molecule has 0 unspecified atom stereocenters. The maximum atomic E-state index is 12.6. The number of benzene rings is 1. The lowest BCUT2D eigenvalue weighted by Crippen LogP contribution is -2.34. The third kappa shape index (κ3) is 4.62. The number of nitrogens with zero attached hydrogens (tertiary/aromatic N) is 5. The molecular formula is C18H24N6O4S. The summed E-state index contributed by atoms with van der Waals surface area (Å²) in [5.41, 5.74) is 0.636. The predicted molar refractivity (Wildman–Crippen MR) is 103 cm³/mol. The summed E-state index contributed by atoms with van der Waals surface area (Å²) in [5.74, 6) is 0.124. The van der Waals surface area contributed by atoms with Gasteiger partial charge in [0.15, 0.2) is 0 Å². The maximum Gasteiger partial charge on any atom is 0.243 e. The molecule has 10 nitrogen and oxygen atoms in total. The van der Waals surface area contributed by atoms with E-state index in [2.05, 4.69) is 20.7 Å². The molecule has 156 valence electrons. The van der Waals surface area contributed by atoms with Gasteiger partial charge in [0.05, 0.1) is 11.0 Å². The molecule has 4 rings (SSSR count). The third-order valence-electron chi connectivity index (χ3n) is 5.10. The van der Waals surface area contributed by atoms with Crippen LogP contribution in [0.2, 0.25) is 0 Å². The highest BCUT2D eigenvalue weighted by atomic mass is 32.2. The van der Waals surface area contributed by atoms with Gasteiger partial charge < -0.3 is 10.1 Å². The Morgan fingerprint density at radius 2 is 1.93 bits per heavy atom. The van der Waals surface area contributed by atoms with Crippen LogP contribution in [0, 0.1) is 0 Å². The lowest BCUT2D eigenvalue weighted by atomic mass is 10.2. The summed E-state index contributed by atoms with van der Waals surface area (Å²) in [4.78, 5) is 13.5. The van der Waals surface area contributed by atoms with Crippen molar-refractivity contribution in [3.63, 3.8) is 0 Å². The number of sulfonamides is 1. The van der Waals surface area contributed by atoms with E-state index in [1.54, 1.807) is 24.3 Å². The molecule has 2 aromatic rings. The summed E-state index contributed by atoms with van der Waals surface area (Å²) in [6, 6.07) is 6.42. The molecule has 1 N–H and O–H groups in total. The number of hydrogen-bond donors (Lipinski definition) is 1. The number of rotatable bonds is 7. The lowest BCUT2D eigenvalue weighted by Gasteiger charge is -2.15. The van der Waals surface area contributed by atoms with Crippen molar-refractivity contribution < 1.29 is 17.9 Å². The Morgan fingerprint density at radius 3 is 2.62 bits per heavy atom. The Morgan fingerprint density at radius 1 is 1.17 bits per heavy atom. The lowest BCUT2D eigenvalue weighted by molar-refractivity contribution is -0.122. The van der Waals surface area contributed by atoms with Crippen LogP contribution >= 0.6 is 0 Å². The average molecular weight is 420 g/mol. The van der Waals surface area contributed by atoms with Crippen LogP contribution in [0.1, 0.15) is 25.7 Å². The fraction of sp³-hybridized carbons (Fsp3) is 0.556. The molecule has 0 aliphatic carbocycles. The van der Waals surface area contributed by atoms with E-state index in [1.165, 1.54) is 9.10 Å². The molecule has 1 atom stereocenters. The SMILES string of the molecule is O=C(Cn1nnc(-c2ccc(S(=O)(=O)N3CCCC3)cc2)n1)NC[C@@H]1CCCO1. The minimum absolute atomic E-state index is 0.0405. The summed E-state index contributed by atoms with van der Waals surface area (Å²) in [5, 5.41) is 14.9. The van der Waals surface area contributed by atoms with Crippen LogP contribution in [0.5, 0.6) is 0 Å². The van der Waals surface area contributed by atoms with Gasteiger partial charge in [-0.25, -0.2) is 8.42 Å². The van der Waals surface area contributed by atoms with Crippen molar-refractivity contribution in [1.82, 2.24) is 29.8 Å². The molecular weight excluding hydrogens is 396 g/mol. The van der Waals surface area contributed by atoms with Crippen LogP contribution < -0.4 is 5.32 Å². The molecule has 2 aliphatic rings. The van der Waals surface area contributed by atoms with Crippen molar-refractivity contribution in [3.8, 4) is 11.4 Å². The molecule has 2 saturated heterocycles. The topological polar surface area (TPSA) is 119 Å². The molecule has 11 heteroatoms. The molecule has 0 saturated carbocycles. The van der Waals surface area contributed by atoms with E-state index >= 15 is 0 Å². The summed E-state index contributed by atoms with van der Waals surface area (Å²) >= 11 is 0. The normalized spacial score (nSPS) is 20.2. The first-order chi connectivity index (χ1) is 14.0. The minimum Gasteiger partial charge on any atom is -0.376 e. The molecule has 2 aliphatic heterocycles. The van der Waals surface area contributed by atoms with Gasteiger partial charge in [0, 0.05) is 31.8 Å². The van der Waals surface area contributed by atoms with Crippen LogP contribution in [0.15, 0.2) is 29.2 Å². The third-order valence-corrected chi connectivity index (χ3v) is 7.02. The minimum atomic E-state index is -3.45. The van der Waals surface area contributed by atoms with E-state index in [9.17, 15) is 13.2 Å². The van der Waals surface area contributed by atoms with Crippen molar-refractivity contribution >= 4 is 15.9 Å². The molecule has 0 bridgehead atoms. The van der Waals surface area contributed by atoms with Crippen LogP contribution in [0.4, 0.5) is 0 Å². The number of hydrogen-bond acceptors (Lipinski definition) is 7. The van der Waals surface area contributed by atoms with Crippen LogP contribution in [-0.4, -0.2) is 71.2 Å². The first kappa shape index (κ1) is 19.9. The summed E-state index contributed by atoms with van der Waals surface area (Å²) in [7, 11) is -3.45. The van der Waals surface area contributed by atoms with Gasteiger partial charge in [-0.05, 0) is 55.2 Å². The predicted octanol–water partition coefficient (Wildman–Crippen LogP) is 0.420. The van der Waals surface area contributed by atoms with E-state index in [0.717, 1.165) is 32.3 Å². The molecule has 1 aromatic heterocycles. The second kappa shape index (κ2) is 8.56. The van der Waals surface area contributed by atoms with Gasteiger partial charge in [-0.3, -0.25) is 4.79 Å². The van der Waals surface area contributed by atoms with E-state index in [4.69, 9.17) is 4.74 Å². The number of nitrogens with one attached hydrogen (secondary N) is 1. The van der Waals surface area contributed by atoms with Crippen molar-refractivity contribution in [2.45, 2.75) is 43.2 Å². The highest BCUT2D eigenvalue weighted by Crippen LogP contribution is 2.23. The second-order valence-corrected chi connectivity index (χ2v) is 9.16. The monoisotopic (exact) mass is 420 g/mol. The standard InChI is InChI=1S/C18H24N6O4S/c25-17(19-12-15-4-3-11-28-15)13-24-21-18(20-22-24)14-5-7-16(8-6-14)29(26,27)23-9-1-2-10-23/h5-8,15H,1-4,9-13H2,(H,19,25)/t15-/m0/s1. The zero-order valence-electron chi connectivity index (χ0n) is 16.0. The first-order valence-corrected chi connectivity index (χ1v) is 11.2. The second-order valence-electron chi connectivity index (χ2n) is 7.22. The molecule has 0 radical (unpaired) electrons. The zero-order valence-corrected chi connectivity index (χ0v) is 16.8. The van der Waals surface area contributed by atoms with Gasteiger partial charge in [-0.2, -0.15) is 9.10 Å². The van der Waals surface area contributed by atoms with Crippen molar-refractivity contribution in [1.29, 1.82) is 0 Å². The molecule has 3 heterocycles. The highest BCUT2D eigenvalue weighted by molar-refractivity contribution is 7.89. The molecule has 2 fully saturated rings. The Kier molecular flexibility index (Phi) is 5.88. The zero-order chi connectivity index (χ0) is 20.3. The van der Waals surface area contributed by atoms with Gasteiger partial charge in [0.25, 0.3) is 0 Å². The van der Waals surface area contributed by atoms with E-state index in [0.29, 0.717) is 31.0 Å². The maximum absolute atomic E-state index is 12.6. The van der Waals surface area contributed by atoms with Gasteiger partial charge in [0.1, 0.15) is 6.54 Å². The van der Waals surface area contributed by atoms with Crippen LogP contribution in [0.3, 0.4) is 0 Å².